The van der Waals surface area contributed by atoms with Crippen LogP contribution in [0.4, 0.5) is 4.39 Å². The van der Waals surface area contributed by atoms with Gasteiger partial charge in [-0.15, -0.1) is 0 Å². The second kappa shape index (κ2) is 11.8. The van der Waals surface area contributed by atoms with Gasteiger partial charge in [0.15, 0.2) is 11.6 Å². The number of aromatic amines is 1. The van der Waals surface area contributed by atoms with Crippen molar-refractivity contribution in [3.63, 3.8) is 0 Å². The van der Waals surface area contributed by atoms with Crippen LogP contribution >= 0.6 is 11.6 Å². The highest BCUT2D eigenvalue weighted by molar-refractivity contribution is 6.33. The molecule has 2 N–H and O–H groups in total. The number of nitrogens with one attached hydrogen (secondary N) is 2. The molecule has 0 aliphatic rings. The molecule has 7 nitrogen and oxygen atoms in total. The fourth-order valence-corrected chi connectivity index (χ4v) is 3.33. The van der Waals surface area contributed by atoms with Gasteiger partial charge in [-0.25, -0.2) is 9.37 Å². The van der Waals surface area contributed by atoms with E-state index in [-0.39, 0.29) is 35.7 Å². The maximum Gasteiger partial charge on any atom is 0.251 e. The summed E-state index contributed by atoms with van der Waals surface area (Å²) < 4.78 is 25.1. The predicted molar refractivity (Wildman–Crippen MR) is 129 cm³/mol. The van der Waals surface area contributed by atoms with Gasteiger partial charge in [-0.3, -0.25) is 9.59 Å². The van der Waals surface area contributed by atoms with E-state index in [0.717, 1.165) is 5.56 Å². The number of nitrogens with zero attached hydrogens (tertiary/aromatic N) is 1. The van der Waals surface area contributed by atoms with Crippen LogP contribution in [-0.4, -0.2) is 35.7 Å². The number of halogens is 2. The number of hydrogen-bond acceptors (Lipinski definition) is 5. The number of aromatic nitrogens is 2. The molecule has 1 amide bonds. The molecule has 0 unspecified atom stereocenters. The quantitative estimate of drug-likeness (QED) is 0.408. The number of hydrogen-bond donors (Lipinski definition) is 2. The lowest BCUT2D eigenvalue weighted by Crippen LogP contribution is -2.27. The van der Waals surface area contributed by atoms with E-state index in [9.17, 15) is 14.0 Å². The van der Waals surface area contributed by atoms with Crippen LogP contribution in [0.2, 0.25) is 5.02 Å². The van der Waals surface area contributed by atoms with Crippen molar-refractivity contribution in [2.75, 3.05) is 19.8 Å². The Balaban J connectivity index is 1.87. The summed E-state index contributed by atoms with van der Waals surface area (Å²) in [7, 11) is 0. The Hall–Kier alpha value is -3.23. The van der Waals surface area contributed by atoms with Crippen LogP contribution in [0.3, 0.4) is 0 Å². The van der Waals surface area contributed by atoms with Gasteiger partial charge >= 0.3 is 0 Å². The molecule has 3 rings (SSSR count). The summed E-state index contributed by atoms with van der Waals surface area (Å²) in [6.45, 7) is 6.94. The lowest BCUT2D eigenvalue weighted by Gasteiger charge is -2.11. The van der Waals surface area contributed by atoms with Gasteiger partial charge < -0.3 is 19.8 Å². The average Bonchev–Trinajstić information content (AvgIpc) is 2.81. The van der Waals surface area contributed by atoms with Crippen molar-refractivity contribution in [2.45, 2.75) is 27.3 Å². The normalized spacial score (nSPS) is 11.0. The number of rotatable bonds is 10. The SMILES string of the molecule is CCOCCOc1ccc(-c2cc(=O)[nH]c(-c3cc(CNC(=O)C(C)C)ccc3Cl)n2)cc1F. The summed E-state index contributed by atoms with van der Waals surface area (Å²) in [5.41, 5.74) is 1.58. The number of H-pyrrole nitrogens is 1. The molecule has 34 heavy (non-hydrogen) atoms. The van der Waals surface area contributed by atoms with Gasteiger partial charge in [0.25, 0.3) is 5.56 Å². The molecule has 1 aromatic heterocycles. The number of amides is 1. The molecule has 0 saturated carbocycles. The third kappa shape index (κ3) is 6.65. The third-order valence-electron chi connectivity index (χ3n) is 4.94. The van der Waals surface area contributed by atoms with Crippen LogP contribution in [0.1, 0.15) is 26.3 Å². The minimum Gasteiger partial charge on any atom is -0.488 e. The average molecular weight is 488 g/mol. The number of ether oxygens (including phenoxy) is 2. The van der Waals surface area contributed by atoms with E-state index in [0.29, 0.717) is 35.9 Å². The molecule has 0 radical (unpaired) electrons. The van der Waals surface area contributed by atoms with Crippen molar-refractivity contribution in [2.24, 2.45) is 5.92 Å². The first kappa shape index (κ1) is 25.4. The van der Waals surface area contributed by atoms with Gasteiger partial charge in [-0.2, -0.15) is 0 Å². The van der Waals surface area contributed by atoms with Crippen molar-refractivity contribution in [1.29, 1.82) is 0 Å². The van der Waals surface area contributed by atoms with Crippen LogP contribution in [-0.2, 0) is 16.1 Å². The van der Waals surface area contributed by atoms with E-state index in [2.05, 4.69) is 15.3 Å². The highest BCUT2D eigenvalue weighted by atomic mass is 35.5. The number of carbonyl (C=O) groups excluding carboxylic acids is 1. The molecule has 3 aromatic rings. The maximum atomic E-state index is 14.6. The Kier molecular flexibility index (Phi) is 8.79. The first-order valence-electron chi connectivity index (χ1n) is 11.0. The van der Waals surface area contributed by atoms with Gasteiger partial charge in [0.2, 0.25) is 5.91 Å². The molecular weight excluding hydrogens is 461 g/mol. The van der Waals surface area contributed by atoms with Gasteiger partial charge in [0.05, 0.1) is 17.3 Å². The van der Waals surface area contributed by atoms with Crippen LogP contribution in [0.25, 0.3) is 22.6 Å². The lowest BCUT2D eigenvalue weighted by molar-refractivity contribution is -0.124. The Labute approximate surface area is 202 Å². The second-order valence-electron chi connectivity index (χ2n) is 7.86. The van der Waals surface area contributed by atoms with E-state index in [1.165, 1.54) is 18.2 Å². The minimum atomic E-state index is -0.571. The summed E-state index contributed by atoms with van der Waals surface area (Å²) in [5, 5.41) is 3.22. The Morgan fingerprint density at radius 1 is 1.18 bits per heavy atom. The Morgan fingerprint density at radius 3 is 2.68 bits per heavy atom. The van der Waals surface area contributed by atoms with Crippen molar-refractivity contribution in [1.82, 2.24) is 15.3 Å². The molecule has 180 valence electrons. The molecular formula is C25H27ClFN3O4. The zero-order valence-corrected chi connectivity index (χ0v) is 20.0. The molecule has 0 bridgehead atoms. The van der Waals surface area contributed by atoms with Gasteiger partial charge in [0.1, 0.15) is 12.4 Å². The van der Waals surface area contributed by atoms with E-state index >= 15 is 0 Å². The Morgan fingerprint density at radius 2 is 1.97 bits per heavy atom. The maximum absolute atomic E-state index is 14.6. The fraction of sp³-hybridized carbons (Fsp3) is 0.320. The number of benzene rings is 2. The largest absolute Gasteiger partial charge is 0.488 e. The second-order valence-corrected chi connectivity index (χ2v) is 8.26. The zero-order chi connectivity index (χ0) is 24.7. The van der Waals surface area contributed by atoms with Crippen LogP contribution in [0, 0.1) is 11.7 Å². The van der Waals surface area contributed by atoms with E-state index in [4.69, 9.17) is 21.1 Å². The highest BCUT2D eigenvalue weighted by Gasteiger charge is 2.13. The summed E-state index contributed by atoms with van der Waals surface area (Å²) in [5.74, 6) is -0.450. The molecule has 0 aliphatic heterocycles. The molecule has 2 aromatic carbocycles. The molecule has 0 fully saturated rings. The van der Waals surface area contributed by atoms with Crippen molar-refractivity contribution < 1.29 is 18.7 Å². The predicted octanol–water partition coefficient (Wildman–Crippen LogP) is 4.58. The van der Waals surface area contributed by atoms with Gasteiger partial charge in [-0.05, 0) is 42.8 Å². The smallest absolute Gasteiger partial charge is 0.251 e. The molecule has 9 heteroatoms. The van der Waals surface area contributed by atoms with Gasteiger partial charge in [0, 0.05) is 36.3 Å². The lowest BCUT2D eigenvalue weighted by atomic mass is 10.1. The summed E-state index contributed by atoms with van der Waals surface area (Å²) >= 11 is 6.38. The first-order valence-corrected chi connectivity index (χ1v) is 11.3. The highest BCUT2D eigenvalue weighted by Crippen LogP contribution is 2.29. The topological polar surface area (TPSA) is 93.3 Å². The van der Waals surface area contributed by atoms with E-state index in [1.54, 1.807) is 24.3 Å². The number of carbonyl (C=O) groups is 1. The van der Waals surface area contributed by atoms with Crippen LogP contribution < -0.4 is 15.6 Å². The molecule has 1 heterocycles. The third-order valence-corrected chi connectivity index (χ3v) is 5.27. The molecule has 0 spiro atoms. The van der Waals surface area contributed by atoms with Crippen molar-refractivity contribution in [3.05, 3.63) is 69.2 Å². The van der Waals surface area contributed by atoms with Crippen molar-refractivity contribution >= 4 is 17.5 Å². The Bertz CT molecular complexity index is 1210. The monoisotopic (exact) mass is 487 g/mol. The minimum absolute atomic E-state index is 0.0719. The standard InChI is InChI=1S/C25H27ClFN3O4/c1-4-33-9-10-34-22-8-6-17(12-20(22)27)21-13-23(31)30-24(29-21)18-11-16(5-7-19(18)26)14-28-25(32)15(2)3/h5-8,11-13,15H,4,9-10,14H2,1-3H3,(H,28,32)(H,29,30,31). The van der Waals surface area contributed by atoms with Crippen LogP contribution in [0.5, 0.6) is 5.75 Å². The molecule has 0 saturated heterocycles. The zero-order valence-electron chi connectivity index (χ0n) is 19.3. The summed E-state index contributed by atoms with van der Waals surface area (Å²) in [4.78, 5) is 31.4. The van der Waals surface area contributed by atoms with E-state index in [1.807, 2.05) is 20.8 Å². The molecule has 0 aliphatic carbocycles. The summed E-state index contributed by atoms with van der Waals surface area (Å²) in [6.07, 6.45) is 0. The van der Waals surface area contributed by atoms with Crippen molar-refractivity contribution in [3.8, 4) is 28.4 Å². The summed E-state index contributed by atoms with van der Waals surface area (Å²) in [6, 6.07) is 10.9. The van der Waals surface area contributed by atoms with Crippen LogP contribution in [0.15, 0.2) is 47.3 Å². The van der Waals surface area contributed by atoms with Gasteiger partial charge in [-0.1, -0.05) is 31.5 Å². The first-order chi connectivity index (χ1) is 16.3. The van der Waals surface area contributed by atoms with E-state index < -0.39 is 11.4 Å². The molecule has 0 atom stereocenters. The fourth-order valence-electron chi connectivity index (χ4n) is 3.12.